The molecule has 1 heterocycles. The van der Waals surface area contributed by atoms with Gasteiger partial charge in [0.2, 0.25) is 0 Å². The van der Waals surface area contributed by atoms with Gasteiger partial charge in [-0.05, 0) is 19.1 Å². The van der Waals surface area contributed by atoms with E-state index in [0.29, 0.717) is 11.3 Å². The van der Waals surface area contributed by atoms with Gasteiger partial charge in [-0.15, -0.1) is 11.3 Å². The number of nitrogen functional groups attached to an aromatic ring is 1. The van der Waals surface area contributed by atoms with Crippen molar-refractivity contribution < 1.29 is 12.8 Å². The number of sulfonamides is 1. The number of thiophene rings is 1. The van der Waals surface area contributed by atoms with E-state index in [1.54, 1.807) is 30.5 Å². The molecule has 1 unspecified atom stereocenters. The number of anilines is 1. The van der Waals surface area contributed by atoms with E-state index in [4.69, 9.17) is 5.73 Å². The van der Waals surface area contributed by atoms with Crippen LogP contribution in [0.5, 0.6) is 0 Å². The Hall–Kier alpha value is -1.44. The fourth-order valence-corrected chi connectivity index (χ4v) is 3.97. The molecule has 0 saturated carbocycles. The highest BCUT2D eigenvalue weighted by Gasteiger charge is 2.21. The zero-order valence-corrected chi connectivity index (χ0v) is 11.8. The Kier molecular flexibility index (Phi) is 3.88. The first-order valence-electron chi connectivity index (χ1n) is 5.51. The van der Waals surface area contributed by atoms with Crippen molar-refractivity contribution in [2.45, 2.75) is 17.2 Å². The molecule has 1 aromatic heterocycles. The number of halogens is 1. The van der Waals surface area contributed by atoms with Crippen LogP contribution < -0.4 is 10.5 Å². The van der Waals surface area contributed by atoms with Crippen LogP contribution in [0.1, 0.15) is 18.5 Å². The number of hydrogen-bond donors (Lipinski definition) is 2. The van der Waals surface area contributed by atoms with Crippen molar-refractivity contribution in [2.24, 2.45) is 0 Å². The molecule has 0 aliphatic rings. The Morgan fingerprint density at radius 1 is 1.37 bits per heavy atom. The molecule has 19 heavy (non-hydrogen) atoms. The Labute approximate surface area is 115 Å². The lowest BCUT2D eigenvalue weighted by Crippen LogP contribution is -2.26. The maximum Gasteiger partial charge on any atom is 0.250 e. The molecular formula is C12H13FN2O2S2. The van der Waals surface area contributed by atoms with Gasteiger partial charge >= 0.3 is 0 Å². The van der Waals surface area contributed by atoms with Crippen LogP contribution in [-0.4, -0.2) is 8.42 Å². The summed E-state index contributed by atoms with van der Waals surface area (Å²) in [7, 11) is -3.68. The molecule has 0 aliphatic heterocycles. The predicted molar refractivity (Wildman–Crippen MR) is 73.9 cm³/mol. The number of nitrogens with one attached hydrogen (secondary N) is 1. The van der Waals surface area contributed by atoms with Crippen molar-refractivity contribution in [3.05, 3.63) is 47.1 Å². The summed E-state index contributed by atoms with van der Waals surface area (Å²) >= 11 is 1.03. The summed E-state index contributed by atoms with van der Waals surface area (Å²) in [5, 5.41) is 1.54. The van der Waals surface area contributed by atoms with Gasteiger partial charge in [0.1, 0.15) is 10.0 Å². The van der Waals surface area contributed by atoms with E-state index >= 15 is 0 Å². The van der Waals surface area contributed by atoms with Crippen LogP contribution in [0.25, 0.3) is 0 Å². The molecule has 4 nitrogen and oxygen atoms in total. The summed E-state index contributed by atoms with van der Waals surface area (Å²) in [4.78, 5) is 0. The largest absolute Gasteiger partial charge is 0.398 e. The summed E-state index contributed by atoms with van der Waals surface area (Å²) in [6.45, 7) is 1.59. The molecule has 0 bridgehead atoms. The second kappa shape index (κ2) is 5.28. The summed E-state index contributed by atoms with van der Waals surface area (Å²) < 4.78 is 40.2. The van der Waals surface area contributed by atoms with Gasteiger partial charge in [0, 0.05) is 22.7 Å². The van der Waals surface area contributed by atoms with E-state index in [1.165, 1.54) is 12.1 Å². The summed E-state index contributed by atoms with van der Waals surface area (Å²) in [5.74, 6) is -0.441. The highest BCUT2D eigenvalue weighted by Crippen LogP contribution is 2.24. The summed E-state index contributed by atoms with van der Waals surface area (Å²) in [6.07, 6.45) is 0. The number of hydrogen-bond acceptors (Lipinski definition) is 4. The minimum atomic E-state index is -3.68. The van der Waals surface area contributed by atoms with Crippen molar-refractivity contribution >= 4 is 27.0 Å². The number of benzene rings is 1. The fourth-order valence-electron chi connectivity index (χ4n) is 1.65. The molecule has 102 valence electrons. The lowest BCUT2D eigenvalue weighted by Gasteiger charge is -2.14. The van der Waals surface area contributed by atoms with Gasteiger partial charge in [-0.2, -0.15) is 0 Å². The molecule has 3 N–H and O–H groups in total. The minimum Gasteiger partial charge on any atom is -0.398 e. The molecule has 0 radical (unpaired) electrons. The third-order valence-corrected chi connectivity index (χ3v) is 5.56. The van der Waals surface area contributed by atoms with E-state index in [2.05, 4.69) is 4.72 Å². The zero-order chi connectivity index (χ0) is 14.0. The monoisotopic (exact) mass is 300 g/mol. The quantitative estimate of drug-likeness (QED) is 0.911. The maximum atomic E-state index is 13.6. The van der Waals surface area contributed by atoms with Crippen LogP contribution in [0, 0.1) is 5.82 Å². The molecule has 7 heteroatoms. The van der Waals surface area contributed by atoms with Crippen LogP contribution in [0.2, 0.25) is 0 Å². The molecule has 2 rings (SSSR count). The summed E-state index contributed by atoms with van der Waals surface area (Å²) in [5.41, 5.74) is 6.19. The molecular weight excluding hydrogens is 287 g/mol. The lowest BCUT2D eigenvalue weighted by molar-refractivity contribution is 0.551. The Bertz CT molecular complexity index is 683. The highest BCUT2D eigenvalue weighted by molar-refractivity contribution is 7.91. The SMILES string of the molecule is CC(NS(=O)(=O)c1cc(N)cs1)c1ccccc1F. The average Bonchev–Trinajstić information content (AvgIpc) is 2.76. The molecule has 0 aliphatic carbocycles. The van der Waals surface area contributed by atoms with Crippen LogP contribution in [0.15, 0.2) is 39.9 Å². The van der Waals surface area contributed by atoms with E-state index in [0.717, 1.165) is 11.3 Å². The van der Waals surface area contributed by atoms with Crippen molar-refractivity contribution in [3.63, 3.8) is 0 Å². The normalized spacial score (nSPS) is 13.4. The Morgan fingerprint density at radius 3 is 2.63 bits per heavy atom. The van der Waals surface area contributed by atoms with Crippen LogP contribution in [0.3, 0.4) is 0 Å². The molecule has 0 amide bonds. The first-order valence-corrected chi connectivity index (χ1v) is 7.87. The van der Waals surface area contributed by atoms with Gasteiger partial charge in [0.05, 0.1) is 0 Å². The average molecular weight is 300 g/mol. The van der Waals surface area contributed by atoms with Crippen molar-refractivity contribution in [3.8, 4) is 0 Å². The van der Waals surface area contributed by atoms with Gasteiger partial charge in [0.15, 0.2) is 0 Å². The third kappa shape index (κ3) is 3.12. The molecule has 0 saturated heterocycles. The Balaban J connectivity index is 2.24. The van der Waals surface area contributed by atoms with Gasteiger partial charge in [0.25, 0.3) is 10.0 Å². The van der Waals surface area contributed by atoms with Gasteiger partial charge < -0.3 is 5.73 Å². The van der Waals surface area contributed by atoms with Crippen molar-refractivity contribution in [1.29, 1.82) is 0 Å². The number of rotatable bonds is 4. The Morgan fingerprint density at radius 2 is 2.05 bits per heavy atom. The lowest BCUT2D eigenvalue weighted by atomic mass is 10.1. The minimum absolute atomic E-state index is 0.119. The molecule has 1 atom stereocenters. The highest BCUT2D eigenvalue weighted by atomic mass is 32.2. The summed E-state index contributed by atoms with van der Waals surface area (Å²) in [6, 6.07) is 6.77. The topological polar surface area (TPSA) is 72.2 Å². The standard InChI is InChI=1S/C12H13FN2O2S2/c1-8(10-4-2-3-5-11(10)13)15-19(16,17)12-6-9(14)7-18-12/h2-8,15H,14H2,1H3. The zero-order valence-electron chi connectivity index (χ0n) is 10.1. The van der Waals surface area contributed by atoms with Gasteiger partial charge in [-0.1, -0.05) is 18.2 Å². The second-order valence-corrected chi connectivity index (χ2v) is 6.92. The fraction of sp³-hybridized carbons (Fsp3) is 0.167. The first-order chi connectivity index (χ1) is 8.90. The van der Waals surface area contributed by atoms with E-state index in [1.807, 2.05) is 0 Å². The maximum absolute atomic E-state index is 13.6. The van der Waals surface area contributed by atoms with Gasteiger partial charge in [-0.3, -0.25) is 0 Å². The molecule has 0 fully saturated rings. The van der Waals surface area contributed by atoms with Crippen LogP contribution >= 0.6 is 11.3 Å². The van der Waals surface area contributed by atoms with Crippen LogP contribution in [-0.2, 0) is 10.0 Å². The number of nitrogens with two attached hydrogens (primary N) is 1. The van der Waals surface area contributed by atoms with Gasteiger partial charge in [-0.25, -0.2) is 17.5 Å². The van der Waals surface area contributed by atoms with E-state index in [-0.39, 0.29) is 4.21 Å². The smallest absolute Gasteiger partial charge is 0.250 e. The van der Waals surface area contributed by atoms with E-state index in [9.17, 15) is 12.8 Å². The van der Waals surface area contributed by atoms with Crippen LogP contribution in [0.4, 0.5) is 10.1 Å². The molecule has 1 aromatic carbocycles. The van der Waals surface area contributed by atoms with Crippen molar-refractivity contribution in [2.75, 3.05) is 5.73 Å². The molecule has 0 spiro atoms. The second-order valence-electron chi connectivity index (χ2n) is 4.06. The predicted octanol–water partition coefficient (Wildman–Crippen LogP) is 2.51. The first kappa shape index (κ1) is 14.0. The van der Waals surface area contributed by atoms with Crippen molar-refractivity contribution in [1.82, 2.24) is 4.72 Å². The molecule has 2 aromatic rings. The van der Waals surface area contributed by atoms with E-state index < -0.39 is 21.9 Å². The third-order valence-electron chi connectivity index (χ3n) is 2.56.